The minimum atomic E-state index is -0.748. The van der Waals surface area contributed by atoms with Crippen LogP contribution in [0.4, 0.5) is 0 Å². The topological polar surface area (TPSA) is 55.8 Å². The first-order valence-electron chi connectivity index (χ1n) is 5.60. The third-order valence-corrected chi connectivity index (χ3v) is 2.57. The first-order chi connectivity index (χ1) is 8.19. The zero-order chi connectivity index (χ0) is 12.7. The number of hydrogen-bond acceptors (Lipinski definition) is 3. The van der Waals surface area contributed by atoms with Crippen LogP contribution in [0.5, 0.6) is 11.5 Å². The second-order valence-corrected chi connectivity index (χ2v) is 3.75. The summed E-state index contributed by atoms with van der Waals surface area (Å²) in [6.07, 6.45) is 2.52. The van der Waals surface area contributed by atoms with Crippen molar-refractivity contribution in [3.63, 3.8) is 0 Å². The van der Waals surface area contributed by atoms with E-state index in [4.69, 9.17) is 14.6 Å². The minimum absolute atomic E-state index is 0.215. The highest BCUT2D eigenvalue weighted by Gasteiger charge is 2.09. The van der Waals surface area contributed by atoms with Crippen molar-refractivity contribution in [2.24, 2.45) is 0 Å². The van der Waals surface area contributed by atoms with Gasteiger partial charge in [-0.1, -0.05) is 12.1 Å². The number of unbranched alkanes of at least 4 members (excludes halogenated alkanes) is 1. The summed E-state index contributed by atoms with van der Waals surface area (Å²) in [4.78, 5) is 10.4. The van der Waals surface area contributed by atoms with Gasteiger partial charge in [-0.15, -0.1) is 0 Å². The smallest absolute Gasteiger partial charge is 0.303 e. The minimum Gasteiger partial charge on any atom is -0.493 e. The Morgan fingerprint density at radius 1 is 1.24 bits per heavy atom. The highest BCUT2D eigenvalue weighted by molar-refractivity contribution is 5.66. The van der Waals surface area contributed by atoms with Crippen LogP contribution in [-0.4, -0.2) is 25.3 Å². The second-order valence-electron chi connectivity index (χ2n) is 3.75. The second kappa shape index (κ2) is 6.78. The molecule has 0 aliphatic carbocycles. The Kier molecular flexibility index (Phi) is 5.33. The third kappa shape index (κ3) is 3.98. The Morgan fingerprint density at radius 3 is 2.59 bits per heavy atom. The van der Waals surface area contributed by atoms with Gasteiger partial charge in [0.1, 0.15) is 0 Å². The third-order valence-electron chi connectivity index (χ3n) is 2.57. The van der Waals surface area contributed by atoms with Gasteiger partial charge in [0.2, 0.25) is 0 Å². The van der Waals surface area contributed by atoms with Crippen LogP contribution in [0.25, 0.3) is 0 Å². The summed E-state index contributed by atoms with van der Waals surface area (Å²) in [6, 6.07) is 5.73. The molecule has 1 rings (SSSR count). The number of rotatable bonds is 7. The molecule has 1 N–H and O–H groups in total. The molecule has 0 aromatic heterocycles. The van der Waals surface area contributed by atoms with Crippen LogP contribution in [0, 0.1) is 0 Å². The van der Waals surface area contributed by atoms with E-state index >= 15 is 0 Å². The van der Waals surface area contributed by atoms with Crippen molar-refractivity contribution in [3.05, 3.63) is 23.8 Å². The van der Waals surface area contributed by atoms with Gasteiger partial charge in [-0.05, 0) is 30.9 Å². The number of aliphatic carboxylic acids is 1. The van der Waals surface area contributed by atoms with Crippen LogP contribution in [0.1, 0.15) is 24.8 Å². The van der Waals surface area contributed by atoms with Crippen molar-refractivity contribution in [1.29, 1.82) is 0 Å². The first kappa shape index (κ1) is 13.4. The van der Waals surface area contributed by atoms with E-state index in [1.54, 1.807) is 14.2 Å². The van der Waals surface area contributed by atoms with Gasteiger partial charge in [0, 0.05) is 6.42 Å². The Morgan fingerprint density at radius 2 is 2.00 bits per heavy atom. The molecule has 0 radical (unpaired) electrons. The number of aryl methyl sites for hydroxylation is 1. The van der Waals surface area contributed by atoms with Gasteiger partial charge in [0.15, 0.2) is 11.5 Å². The van der Waals surface area contributed by atoms with E-state index in [-0.39, 0.29) is 6.42 Å². The average molecular weight is 238 g/mol. The standard InChI is InChI=1S/C13H18O4/c1-16-11-8-5-7-10(13(11)17-2)6-3-4-9-12(14)15/h5,7-8H,3-4,6,9H2,1-2H3,(H,14,15). The summed E-state index contributed by atoms with van der Waals surface area (Å²) in [5.41, 5.74) is 1.05. The molecule has 4 heteroatoms. The highest BCUT2D eigenvalue weighted by Crippen LogP contribution is 2.31. The van der Waals surface area contributed by atoms with E-state index in [1.165, 1.54) is 0 Å². The molecule has 0 aliphatic rings. The number of methoxy groups -OCH3 is 2. The van der Waals surface area contributed by atoms with Crippen molar-refractivity contribution in [3.8, 4) is 11.5 Å². The largest absolute Gasteiger partial charge is 0.493 e. The number of ether oxygens (including phenoxy) is 2. The Labute approximate surface area is 101 Å². The van der Waals surface area contributed by atoms with E-state index in [0.29, 0.717) is 12.2 Å². The van der Waals surface area contributed by atoms with E-state index in [0.717, 1.165) is 24.2 Å². The molecule has 0 atom stereocenters. The van der Waals surface area contributed by atoms with Gasteiger partial charge in [-0.25, -0.2) is 0 Å². The molecular formula is C13H18O4. The predicted octanol–water partition coefficient (Wildman–Crippen LogP) is 2.50. The Balaban J connectivity index is 2.60. The molecule has 0 spiro atoms. The predicted molar refractivity (Wildman–Crippen MR) is 64.7 cm³/mol. The van der Waals surface area contributed by atoms with Gasteiger partial charge in [-0.3, -0.25) is 4.79 Å². The summed E-state index contributed by atoms with van der Waals surface area (Å²) in [5, 5.41) is 8.55. The summed E-state index contributed by atoms with van der Waals surface area (Å²) >= 11 is 0. The number of para-hydroxylation sites is 1. The van der Waals surface area contributed by atoms with Crippen molar-refractivity contribution in [2.75, 3.05) is 14.2 Å². The van der Waals surface area contributed by atoms with Gasteiger partial charge in [0.25, 0.3) is 0 Å². The molecule has 17 heavy (non-hydrogen) atoms. The van der Waals surface area contributed by atoms with E-state index in [2.05, 4.69) is 0 Å². The first-order valence-corrected chi connectivity index (χ1v) is 5.60. The molecule has 0 unspecified atom stereocenters. The molecule has 0 aliphatic heterocycles. The fourth-order valence-electron chi connectivity index (χ4n) is 1.74. The normalized spacial score (nSPS) is 10.0. The molecule has 1 aromatic carbocycles. The number of carbonyl (C=O) groups is 1. The fourth-order valence-corrected chi connectivity index (χ4v) is 1.74. The maximum Gasteiger partial charge on any atom is 0.303 e. The molecule has 0 fully saturated rings. The lowest BCUT2D eigenvalue weighted by Crippen LogP contribution is -1.98. The van der Waals surface area contributed by atoms with Crippen LogP contribution < -0.4 is 9.47 Å². The van der Waals surface area contributed by atoms with Crippen LogP contribution in [-0.2, 0) is 11.2 Å². The zero-order valence-corrected chi connectivity index (χ0v) is 10.2. The monoisotopic (exact) mass is 238 g/mol. The summed E-state index contributed by atoms with van der Waals surface area (Å²) in [7, 11) is 3.21. The number of hydrogen-bond donors (Lipinski definition) is 1. The molecule has 94 valence electrons. The van der Waals surface area contributed by atoms with E-state index < -0.39 is 5.97 Å². The number of benzene rings is 1. The number of carboxylic acid groups (broad SMARTS) is 1. The molecule has 0 bridgehead atoms. The summed E-state index contributed by atoms with van der Waals surface area (Å²) in [6.45, 7) is 0. The highest BCUT2D eigenvalue weighted by atomic mass is 16.5. The SMILES string of the molecule is COc1cccc(CCCCC(=O)O)c1OC. The van der Waals surface area contributed by atoms with Gasteiger partial charge < -0.3 is 14.6 Å². The van der Waals surface area contributed by atoms with Gasteiger partial charge >= 0.3 is 5.97 Å². The molecule has 0 saturated carbocycles. The van der Waals surface area contributed by atoms with E-state index in [9.17, 15) is 4.79 Å². The van der Waals surface area contributed by atoms with Crippen LogP contribution in [0.3, 0.4) is 0 Å². The van der Waals surface area contributed by atoms with Crippen molar-refractivity contribution >= 4 is 5.97 Å². The van der Waals surface area contributed by atoms with E-state index in [1.807, 2.05) is 18.2 Å². The van der Waals surface area contributed by atoms with Crippen LogP contribution >= 0.6 is 0 Å². The Hall–Kier alpha value is -1.71. The molecule has 1 aromatic rings. The molecule has 4 nitrogen and oxygen atoms in total. The van der Waals surface area contributed by atoms with Crippen molar-refractivity contribution in [1.82, 2.24) is 0 Å². The summed E-state index contributed by atoms with van der Waals surface area (Å²) < 4.78 is 10.5. The van der Waals surface area contributed by atoms with Crippen LogP contribution in [0.15, 0.2) is 18.2 Å². The van der Waals surface area contributed by atoms with Gasteiger partial charge in [-0.2, -0.15) is 0 Å². The van der Waals surface area contributed by atoms with Crippen molar-refractivity contribution in [2.45, 2.75) is 25.7 Å². The quantitative estimate of drug-likeness (QED) is 0.741. The maximum atomic E-state index is 10.4. The lowest BCUT2D eigenvalue weighted by atomic mass is 10.1. The molecular weight excluding hydrogens is 220 g/mol. The van der Waals surface area contributed by atoms with Crippen molar-refractivity contribution < 1.29 is 19.4 Å². The average Bonchev–Trinajstić information content (AvgIpc) is 2.33. The zero-order valence-electron chi connectivity index (χ0n) is 10.2. The number of carboxylic acids is 1. The van der Waals surface area contributed by atoms with Gasteiger partial charge in [0.05, 0.1) is 14.2 Å². The molecule has 0 heterocycles. The Bertz CT molecular complexity index is 374. The van der Waals surface area contributed by atoms with Crippen LogP contribution in [0.2, 0.25) is 0 Å². The summed E-state index contributed by atoms with van der Waals surface area (Å²) in [5.74, 6) is 0.705. The molecule has 0 amide bonds. The lowest BCUT2D eigenvalue weighted by molar-refractivity contribution is -0.137. The maximum absolute atomic E-state index is 10.4. The molecule has 0 saturated heterocycles. The lowest BCUT2D eigenvalue weighted by Gasteiger charge is -2.12. The fraction of sp³-hybridized carbons (Fsp3) is 0.462.